The molecule has 0 aromatic heterocycles. The maximum Gasteiger partial charge on any atom is 0.417 e. The fourth-order valence-corrected chi connectivity index (χ4v) is 3.54. The number of carbonyl (C=O) groups is 1. The van der Waals surface area contributed by atoms with E-state index in [1.165, 1.54) is 13.0 Å². The summed E-state index contributed by atoms with van der Waals surface area (Å²) in [5.74, 6) is -2.07. The molecular formula is C20H13F9N2OS. The van der Waals surface area contributed by atoms with Crippen LogP contribution in [0.5, 0.6) is 0 Å². The zero-order chi connectivity index (χ0) is 25.2. The summed E-state index contributed by atoms with van der Waals surface area (Å²) in [4.78, 5) is 11.9. The molecular weight excluding hydrogens is 487 g/mol. The molecule has 33 heavy (non-hydrogen) atoms. The van der Waals surface area contributed by atoms with Gasteiger partial charge in [-0.2, -0.15) is 44.8 Å². The first kappa shape index (κ1) is 26.4. The van der Waals surface area contributed by atoms with Gasteiger partial charge in [-0.15, -0.1) is 11.8 Å². The molecule has 1 amide bonds. The number of benzene rings is 2. The van der Waals surface area contributed by atoms with Crippen molar-refractivity contribution in [3.63, 3.8) is 0 Å². The van der Waals surface area contributed by atoms with Crippen LogP contribution in [0.2, 0.25) is 0 Å². The van der Waals surface area contributed by atoms with Crippen LogP contribution in [0.25, 0.3) is 0 Å². The molecule has 0 aliphatic heterocycles. The van der Waals surface area contributed by atoms with Crippen molar-refractivity contribution in [2.24, 2.45) is 5.92 Å². The molecule has 2 rings (SSSR count). The molecule has 0 saturated carbocycles. The molecule has 0 heterocycles. The van der Waals surface area contributed by atoms with Crippen molar-refractivity contribution < 1.29 is 44.3 Å². The number of nitrogens with one attached hydrogen (secondary N) is 1. The molecule has 0 saturated heterocycles. The van der Waals surface area contributed by atoms with Gasteiger partial charge < -0.3 is 5.32 Å². The van der Waals surface area contributed by atoms with Gasteiger partial charge in [0.15, 0.2) is 0 Å². The van der Waals surface area contributed by atoms with Gasteiger partial charge in [0.25, 0.3) is 0 Å². The zero-order valence-corrected chi connectivity index (χ0v) is 17.2. The highest BCUT2D eigenvalue weighted by molar-refractivity contribution is 7.99. The normalized spacial score (nSPS) is 13.4. The highest BCUT2D eigenvalue weighted by Gasteiger charge is 2.37. The molecule has 0 spiro atoms. The molecule has 0 aliphatic carbocycles. The minimum absolute atomic E-state index is 0.0245. The third kappa shape index (κ3) is 7.05. The van der Waals surface area contributed by atoms with Gasteiger partial charge in [0.05, 0.1) is 28.3 Å². The zero-order valence-electron chi connectivity index (χ0n) is 16.4. The van der Waals surface area contributed by atoms with Crippen LogP contribution in [0.15, 0.2) is 41.3 Å². The molecule has 0 aliphatic rings. The predicted octanol–water partition coefficient (Wildman–Crippen LogP) is 6.98. The number of anilines is 1. The fourth-order valence-electron chi connectivity index (χ4n) is 2.53. The first-order chi connectivity index (χ1) is 15.0. The first-order valence-corrected chi connectivity index (χ1v) is 9.85. The Bertz CT molecular complexity index is 1040. The van der Waals surface area contributed by atoms with Gasteiger partial charge in [0.2, 0.25) is 5.91 Å². The van der Waals surface area contributed by atoms with Gasteiger partial charge >= 0.3 is 18.5 Å². The van der Waals surface area contributed by atoms with Crippen molar-refractivity contribution in [2.45, 2.75) is 30.3 Å². The van der Waals surface area contributed by atoms with Crippen LogP contribution >= 0.6 is 11.8 Å². The van der Waals surface area contributed by atoms with Crippen molar-refractivity contribution >= 4 is 23.4 Å². The summed E-state index contributed by atoms with van der Waals surface area (Å²) in [5, 5.41) is 11.0. The van der Waals surface area contributed by atoms with E-state index < -0.39 is 52.6 Å². The Balaban J connectivity index is 2.16. The Hall–Kier alpha value is -2.88. The highest BCUT2D eigenvalue weighted by Crippen LogP contribution is 2.39. The maximum absolute atomic E-state index is 13.0. The third-order valence-electron chi connectivity index (χ3n) is 4.22. The van der Waals surface area contributed by atoms with Crippen molar-refractivity contribution in [1.82, 2.24) is 0 Å². The minimum Gasteiger partial charge on any atom is -0.326 e. The van der Waals surface area contributed by atoms with Crippen LogP contribution in [0.3, 0.4) is 0 Å². The predicted molar refractivity (Wildman–Crippen MR) is 101 cm³/mol. The number of rotatable bonds is 5. The fraction of sp³-hybridized carbons (Fsp3) is 0.300. The SMILES string of the molecule is CC(CSc1cc(C(F)(F)F)cc(C(F)(F)F)c1)C(=O)Nc1ccc(C#N)c(C(F)(F)F)c1. The van der Waals surface area contributed by atoms with E-state index in [1.54, 1.807) is 0 Å². The highest BCUT2D eigenvalue weighted by atomic mass is 32.2. The molecule has 3 nitrogen and oxygen atoms in total. The number of thioether (sulfide) groups is 1. The Kier molecular flexibility index (Phi) is 7.63. The molecule has 1 unspecified atom stereocenters. The maximum atomic E-state index is 13.0. The molecule has 0 fully saturated rings. The average molecular weight is 500 g/mol. The standard InChI is InChI=1S/C20H13F9N2OS/c1-10(17(32)31-14-3-2-11(8-30)16(7-14)20(27,28)29)9-33-15-5-12(18(21,22)23)4-13(6-15)19(24,25)26/h2-7,10H,9H2,1H3,(H,31,32). The lowest BCUT2D eigenvalue weighted by molar-refractivity contribution is -0.143. The molecule has 2 aromatic rings. The summed E-state index contributed by atoms with van der Waals surface area (Å²) in [6.07, 6.45) is -14.9. The second-order valence-corrected chi connectivity index (χ2v) is 7.91. The molecule has 1 atom stereocenters. The first-order valence-electron chi connectivity index (χ1n) is 8.87. The van der Waals surface area contributed by atoms with E-state index in [4.69, 9.17) is 5.26 Å². The van der Waals surface area contributed by atoms with Crippen LogP contribution in [0, 0.1) is 17.2 Å². The van der Waals surface area contributed by atoms with Gasteiger partial charge in [0, 0.05) is 22.3 Å². The average Bonchev–Trinajstić information content (AvgIpc) is 2.69. The van der Waals surface area contributed by atoms with Crippen LogP contribution in [0.1, 0.15) is 29.2 Å². The summed E-state index contributed by atoms with van der Waals surface area (Å²) < 4.78 is 117. The second-order valence-electron chi connectivity index (χ2n) is 6.81. The lowest BCUT2D eigenvalue weighted by atomic mass is 10.1. The van der Waals surface area contributed by atoms with E-state index in [1.807, 2.05) is 0 Å². The Morgan fingerprint density at radius 2 is 1.48 bits per heavy atom. The lowest BCUT2D eigenvalue weighted by Crippen LogP contribution is -2.22. The van der Waals surface area contributed by atoms with E-state index in [2.05, 4.69) is 5.32 Å². The minimum atomic E-state index is -5.02. The quantitative estimate of drug-likeness (QED) is 0.356. The molecule has 13 heteroatoms. The molecule has 2 aromatic carbocycles. The van der Waals surface area contributed by atoms with Crippen LogP contribution in [-0.4, -0.2) is 11.7 Å². The van der Waals surface area contributed by atoms with E-state index >= 15 is 0 Å². The van der Waals surface area contributed by atoms with Crippen molar-refractivity contribution in [3.05, 3.63) is 58.7 Å². The molecule has 1 N–H and O–H groups in total. The smallest absolute Gasteiger partial charge is 0.326 e. The summed E-state index contributed by atoms with van der Waals surface area (Å²) in [6, 6.07) is 4.86. The summed E-state index contributed by atoms with van der Waals surface area (Å²) >= 11 is 0.558. The van der Waals surface area contributed by atoms with Gasteiger partial charge in [-0.25, -0.2) is 0 Å². The van der Waals surface area contributed by atoms with Gasteiger partial charge in [-0.05, 0) is 36.4 Å². The second kappa shape index (κ2) is 9.54. The summed E-state index contributed by atoms with van der Waals surface area (Å²) in [7, 11) is 0. The van der Waals surface area contributed by atoms with Crippen molar-refractivity contribution in [1.29, 1.82) is 5.26 Å². The topological polar surface area (TPSA) is 52.9 Å². The number of hydrogen-bond donors (Lipinski definition) is 1. The summed E-state index contributed by atoms with van der Waals surface area (Å²) in [6.45, 7) is 1.30. The number of nitriles is 1. The monoisotopic (exact) mass is 500 g/mol. The Morgan fingerprint density at radius 1 is 0.939 bits per heavy atom. The number of hydrogen-bond acceptors (Lipinski definition) is 3. The van der Waals surface area contributed by atoms with Crippen molar-refractivity contribution in [2.75, 3.05) is 11.1 Å². The number of carbonyl (C=O) groups excluding carboxylic acids is 1. The number of halogens is 9. The van der Waals surface area contributed by atoms with Gasteiger partial charge in [-0.1, -0.05) is 6.92 Å². The Labute approximate surface area is 185 Å². The van der Waals surface area contributed by atoms with Crippen LogP contribution in [-0.2, 0) is 23.3 Å². The molecule has 178 valence electrons. The third-order valence-corrected chi connectivity index (χ3v) is 5.46. The number of alkyl halides is 9. The largest absolute Gasteiger partial charge is 0.417 e. The van der Waals surface area contributed by atoms with E-state index in [0.29, 0.717) is 30.0 Å². The Morgan fingerprint density at radius 3 is 1.94 bits per heavy atom. The van der Waals surface area contributed by atoms with E-state index in [9.17, 15) is 44.3 Å². The van der Waals surface area contributed by atoms with Crippen molar-refractivity contribution in [3.8, 4) is 6.07 Å². The summed E-state index contributed by atoms with van der Waals surface area (Å²) in [5.41, 5.74) is -5.22. The van der Waals surface area contributed by atoms with Crippen LogP contribution < -0.4 is 5.32 Å². The van der Waals surface area contributed by atoms with Crippen LogP contribution in [0.4, 0.5) is 45.2 Å². The van der Waals surface area contributed by atoms with E-state index in [0.717, 1.165) is 12.1 Å². The number of amides is 1. The molecule has 0 bridgehead atoms. The van der Waals surface area contributed by atoms with E-state index in [-0.39, 0.29) is 22.4 Å². The molecule has 0 radical (unpaired) electrons. The van der Waals surface area contributed by atoms with Gasteiger partial charge in [0.1, 0.15) is 0 Å². The lowest BCUT2D eigenvalue weighted by Gasteiger charge is -2.16. The number of nitrogens with zero attached hydrogens (tertiary/aromatic N) is 1. The van der Waals surface area contributed by atoms with Gasteiger partial charge in [-0.3, -0.25) is 4.79 Å².